The number of hydrogen-bond donors (Lipinski definition) is 2. The molecule has 4 fully saturated rings. The second-order valence-electron chi connectivity index (χ2n) is 7.80. The molecular formula is C18H39N3O6Si2. The van der Waals surface area contributed by atoms with E-state index in [-0.39, 0.29) is 6.61 Å². The Bertz CT molecular complexity index is 417. The number of fused-ring (bicyclic) bond motifs is 6. The molecule has 0 atom stereocenters. The maximum Gasteiger partial charge on any atom is 0.501 e. The molecule has 9 nitrogen and oxygen atoms in total. The largest absolute Gasteiger partial charge is 0.501 e. The third-order valence-corrected chi connectivity index (χ3v) is 10.6. The fraction of sp³-hybridized carbons (Fsp3) is 1.00. The number of β-amino-alcohol motifs (C(OH)–C–C–N with tert-alkyl or cyclic N) is 1. The molecule has 0 unspecified atom stereocenters. The lowest BCUT2D eigenvalue weighted by Crippen LogP contribution is -2.55. The van der Waals surface area contributed by atoms with E-state index >= 15 is 0 Å². The SMILES string of the molecule is OCCN1CCO[SiH](CCCNCCC[Si]23OCCN(CCO2)CCO3)OCC1. The zero-order chi connectivity index (χ0) is 20.2. The summed E-state index contributed by atoms with van der Waals surface area (Å²) in [6.07, 6.45) is 2.10. The van der Waals surface area contributed by atoms with Crippen molar-refractivity contribution in [3.05, 3.63) is 0 Å². The second-order valence-corrected chi connectivity index (χ2v) is 12.6. The quantitative estimate of drug-likeness (QED) is 0.330. The Morgan fingerprint density at radius 3 is 2.07 bits per heavy atom. The molecule has 2 bridgehead atoms. The van der Waals surface area contributed by atoms with Crippen molar-refractivity contribution in [3.63, 3.8) is 0 Å². The van der Waals surface area contributed by atoms with E-state index in [2.05, 4.69) is 15.1 Å². The molecule has 29 heavy (non-hydrogen) atoms. The minimum atomic E-state index is -2.46. The smallest absolute Gasteiger partial charge is 0.395 e. The predicted molar refractivity (Wildman–Crippen MR) is 114 cm³/mol. The normalized spacial score (nSPS) is 30.3. The fourth-order valence-corrected chi connectivity index (χ4v) is 8.14. The summed E-state index contributed by atoms with van der Waals surface area (Å²) in [6, 6.07) is 1.94. The Morgan fingerprint density at radius 1 is 0.828 bits per heavy atom. The van der Waals surface area contributed by atoms with Gasteiger partial charge in [0, 0.05) is 58.5 Å². The third kappa shape index (κ3) is 8.61. The molecule has 0 amide bonds. The molecule has 0 aromatic heterocycles. The molecule has 4 aliphatic heterocycles. The monoisotopic (exact) mass is 449 g/mol. The number of nitrogens with zero attached hydrogens (tertiary/aromatic N) is 2. The third-order valence-electron chi connectivity index (χ3n) is 5.66. The molecule has 11 heteroatoms. The van der Waals surface area contributed by atoms with Gasteiger partial charge in [-0.05, 0) is 32.0 Å². The molecule has 0 saturated carbocycles. The van der Waals surface area contributed by atoms with Gasteiger partial charge >= 0.3 is 18.1 Å². The van der Waals surface area contributed by atoms with Crippen LogP contribution < -0.4 is 5.32 Å². The summed E-state index contributed by atoms with van der Waals surface area (Å²) >= 11 is 0. The van der Waals surface area contributed by atoms with Crippen molar-refractivity contribution in [2.45, 2.75) is 24.9 Å². The van der Waals surface area contributed by atoms with Gasteiger partial charge in [0.25, 0.3) is 0 Å². The second kappa shape index (κ2) is 13.5. The van der Waals surface area contributed by atoms with E-state index in [1.54, 1.807) is 0 Å². The van der Waals surface area contributed by atoms with E-state index < -0.39 is 18.1 Å². The molecule has 4 rings (SSSR count). The van der Waals surface area contributed by atoms with Crippen LogP contribution >= 0.6 is 0 Å². The topological polar surface area (TPSA) is 84.9 Å². The van der Waals surface area contributed by atoms with Crippen LogP contribution in [0.3, 0.4) is 0 Å². The zero-order valence-electron chi connectivity index (χ0n) is 17.7. The summed E-state index contributed by atoms with van der Waals surface area (Å²) in [4.78, 5) is 4.53. The summed E-state index contributed by atoms with van der Waals surface area (Å²) in [5.74, 6) is 0. The Balaban J connectivity index is 1.23. The molecule has 0 spiro atoms. The highest BCUT2D eigenvalue weighted by Gasteiger charge is 2.43. The molecule has 170 valence electrons. The number of nitrogens with one attached hydrogen (secondary N) is 1. The van der Waals surface area contributed by atoms with E-state index in [1.165, 1.54) is 0 Å². The Morgan fingerprint density at radius 2 is 1.45 bits per heavy atom. The first-order valence-corrected chi connectivity index (χ1v) is 14.9. The van der Waals surface area contributed by atoms with Gasteiger partial charge < -0.3 is 32.6 Å². The molecular weight excluding hydrogens is 410 g/mol. The van der Waals surface area contributed by atoms with Crippen LogP contribution in [-0.4, -0.2) is 125 Å². The molecule has 0 aromatic rings. The molecule has 0 aromatic carbocycles. The standard InChI is InChI=1S/C18H39N3O6Si2/c22-11-5-20-6-12-23-28(24-13-7-20)17-1-3-19-4-2-18-29-25-14-8-21(9-15-26-29)10-16-27-29/h19,22,28H,1-18H2. The molecule has 4 aliphatic rings. The lowest BCUT2D eigenvalue weighted by atomic mass is 10.4. The fourth-order valence-electron chi connectivity index (χ4n) is 3.93. The van der Waals surface area contributed by atoms with Gasteiger partial charge in [-0.25, -0.2) is 0 Å². The maximum absolute atomic E-state index is 9.04. The Labute approximate surface area is 177 Å². The number of rotatable bonds is 10. The van der Waals surface area contributed by atoms with Gasteiger partial charge in [0.1, 0.15) is 0 Å². The van der Waals surface area contributed by atoms with Gasteiger partial charge in [-0.15, -0.1) is 0 Å². The number of hydrogen-bond acceptors (Lipinski definition) is 9. The van der Waals surface area contributed by atoms with Crippen LogP contribution in [0, 0.1) is 0 Å². The highest BCUT2D eigenvalue weighted by molar-refractivity contribution is 6.60. The summed E-state index contributed by atoms with van der Waals surface area (Å²) < 4.78 is 30.1. The van der Waals surface area contributed by atoms with Crippen molar-refractivity contribution in [1.29, 1.82) is 0 Å². The molecule has 0 aliphatic carbocycles. The van der Waals surface area contributed by atoms with Gasteiger partial charge in [0.05, 0.1) is 26.4 Å². The van der Waals surface area contributed by atoms with E-state index in [9.17, 15) is 0 Å². The minimum absolute atomic E-state index is 0.194. The van der Waals surface area contributed by atoms with Crippen molar-refractivity contribution in [1.82, 2.24) is 15.1 Å². The molecule has 4 saturated heterocycles. The number of aliphatic hydroxyl groups excluding tert-OH is 1. The van der Waals surface area contributed by atoms with Gasteiger partial charge in [0.15, 0.2) is 0 Å². The molecule has 4 heterocycles. The van der Waals surface area contributed by atoms with Crippen molar-refractivity contribution in [2.75, 3.05) is 92.0 Å². The zero-order valence-corrected chi connectivity index (χ0v) is 19.8. The molecule has 2 N–H and O–H groups in total. The van der Waals surface area contributed by atoms with Crippen LogP contribution in [0.15, 0.2) is 0 Å². The van der Waals surface area contributed by atoms with Crippen molar-refractivity contribution in [2.24, 2.45) is 0 Å². The van der Waals surface area contributed by atoms with E-state index in [0.717, 1.165) is 104 Å². The van der Waals surface area contributed by atoms with E-state index in [4.69, 9.17) is 27.2 Å². The highest BCUT2D eigenvalue weighted by Crippen LogP contribution is 2.21. The molecule has 0 radical (unpaired) electrons. The van der Waals surface area contributed by atoms with Crippen LogP contribution in [0.1, 0.15) is 12.8 Å². The van der Waals surface area contributed by atoms with Gasteiger partial charge in [-0.2, -0.15) is 0 Å². The first-order chi connectivity index (χ1) is 14.3. The lowest BCUT2D eigenvalue weighted by Gasteiger charge is -2.38. The lowest BCUT2D eigenvalue weighted by molar-refractivity contribution is -0.00849. The highest BCUT2D eigenvalue weighted by atomic mass is 28.4. The first kappa shape index (κ1) is 23.7. The average Bonchev–Trinajstić information content (AvgIpc) is 2.64. The Hall–Kier alpha value is 0.0738. The van der Waals surface area contributed by atoms with Gasteiger partial charge in [-0.1, -0.05) is 0 Å². The average molecular weight is 450 g/mol. The summed E-state index contributed by atoms with van der Waals surface area (Å²) in [5, 5.41) is 12.6. The Kier molecular flexibility index (Phi) is 11.0. The number of aliphatic hydroxyl groups is 1. The summed E-state index contributed by atoms with van der Waals surface area (Å²) in [7, 11) is -4.01. The predicted octanol–water partition coefficient (Wildman–Crippen LogP) is -0.764. The maximum atomic E-state index is 9.04. The van der Waals surface area contributed by atoms with Crippen LogP contribution in [0.25, 0.3) is 0 Å². The van der Waals surface area contributed by atoms with Crippen LogP contribution in [0.5, 0.6) is 0 Å². The van der Waals surface area contributed by atoms with Crippen molar-refractivity contribution in [3.8, 4) is 0 Å². The van der Waals surface area contributed by atoms with Crippen LogP contribution in [0.2, 0.25) is 12.1 Å². The summed E-state index contributed by atoms with van der Waals surface area (Å²) in [6.45, 7) is 11.2. The summed E-state index contributed by atoms with van der Waals surface area (Å²) in [5.41, 5.74) is 0. The van der Waals surface area contributed by atoms with Crippen molar-refractivity contribution >= 4 is 18.1 Å². The first-order valence-electron chi connectivity index (χ1n) is 11.2. The van der Waals surface area contributed by atoms with E-state index in [1.807, 2.05) is 0 Å². The van der Waals surface area contributed by atoms with Crippen LogP contribution in [0.4, 0.5) is 0 Å². The van der Waals surface area contributed by atoms with Crippen LogP contribution in [-0.2, 0) is 22.1 Å². The van der Waals surface area contributed by atoms with Gasteiger partial charge in [0.2, 0.25) is 0 Å². The van der Waals surface area contributed by atoms with Crippen molar-refractivity contribution < 1.29 is 27.2 Å². The minimum Gasteiger partial charge on any atom is -0.395 e. The van der Waals surface area contributed by atoms with E-state index in [0.29, 0.717) is 6.54 Å². The van der Waals surface area contributed by atoms with Gasteiger partial charge in [-0.3, -0.25) is 9.80 Å².